The predicted octanol–water partition coefficient (Wildman–Crippen LogP) is 1.66. The van der Waals surface area contributed by atoms with Crippen LogP contribution in [0.4, 0.5) is 0 Å². The standard InChI is InChI=1S/C21H29IN2O8/c22-8-7-13-11-24(21(27)23-19(13)26)20-18(32-16-6-2-4-10-29-16)17(14(12-25)30-20)31-15-5-1-3-9-28-15/h7-8,11,14-18,20,25H,1-6,9-10,12H2,(H,23,26,27)/t14-,15?,16?,17-,18+,20-/m1/s1. The lowest BCUT2D eigenvalue weighted by Gasteiger charge is -2.33. The number of aliphatic hydroxyl groups excluding tert-OH is 1. The molecule has 0 radical (unpaired) electrons. The van der Waals surface area contributed by atoms with Crippen molar-refractivity contribution in [2.75, 3.05) is 19.8 Å². The van der Waals surface area contributed by atoms with Crippen LogP contribution in [0.1, 0.15) is 50.3 Å². The Morgan fingerprint density at radius 2 is 1.75 bits per heavy atom. The zero-order valence-electron chi connectivity index (χ0n) is 17.7. The summed E-state index contributed by atoms with van der Waals surface area (Å²) in [5, 5.41) is 10.0. The van der Waals surface area contributed by atoms with Crippen LogP contribution in [0, 0.1) is 0 Å². The van der Waals surface area contributed by atoms with Gasteiger partial charge in [0.1, 0.15) is 18.3 Å². The molecular formula is C21H29IN2O8. The van der Waals surface area contributed by atoms with E-state index >= 15 is 0 Å². The van der Waals surface area contributed by atoms with E-state index in [0.29, 0.717) is 25.2 Å². The first-order chi connectivity index (χ1) is 15.6. The van der Waals surface area contributed by atoms with E-state index in [-0.39, 0.29) is 6.61 Å². The molecule has 1 aromatic heterocycles. The van der Waals surface area contributed by atoms with Crippen molar-refractivity contribution >= 4 is 28.7 Å². The lowest BCUT2D eigenvalue weighted by Crippen LogP contribution is -2.45. The fraction of sp³-hybridized carbons (Fsp3) is 0.714. The first-order valence-electron chi connectivity index (χ1n) is 11.0. The Morgan fingerprint density at radius 1 is 1.09 bits per heavy atom. The topological polar surface area (TPSA) is 121 Å². The maximum atomic E-state index is 12.7. The van der Waals surface area contributed by atoms with Crippen LogP contribution in [0.25, 0.3) is 6.08 Å². The number of halogens is 1. The second kappa shape index (κ2) is 11.4. The third-order valence-electron chi connectivity index (χ3n) is 5.87. The summed E-state index contributed by atoms with van der Waals surface area (Å²) in [5.74, 6) is 0. The van der Waals surface area contributed by atoms with Crippen LogP contribution in [-0.2, 0) is 23.7 Å². The fourth-order valence-corrected chi connectivity index (χ4v) is 4.64. The molecule has 4 heterocycles. The molecular weight excluding hydrogens is 535 g/mol. The Morgan fingerprint density at radius 3 is 2.31 bits per heavy atom. The maximum absolute atomic E-state index is 12.7. The first kappa shape index (κ1) is 24.0. The minimum absolute atomic E-state index is 0.302. The largest absolute Gasteiger partial charge is 0.394 e. The van der Waals surface area contributed by atoms with Crippen molar-refractivity contribution in [2.24, 2.45) is 0 Å². The number of hydrogen-bond acceptors (Lipinski definition) is 8. The summed E-state index contributed by atoms with van der Waals surface area (Å²) in [7, 11) is 0. The van der Waals surface area contributed by atoms with Gasteiger partial charge in [0.2, 0.25) is 0 Å². The van der Waals surface area contributed by atoms with Crippen molar-refractivity contribution in [2.45, 2.75) is 75.6 Å². The zero-order valence-corrected chi connectivity index (χ0v) is 19.8. The summed E-state index contributed by atoms with van der Waals surface area (Å²) < 4.78 is 33.0. The van der Waals surface area contributed by atoms with E-state index in [1.165, 1.54) is 10.8 Å². The number of ether oxygens (including phenoxy) is 5. The molecule has 0 bridgehead atoms. The molecule has 0 aromatic carbocycles. The minimum Gasteiger partial charge on any atom is -0.394 e. The van der Waals surface area contributed by atoms with Crippen molar-refractivity contribution in [3.05, 3.63) is 36.7 Å². The molecule has 2 unspecified atom stereocenters. The fourth-order valence-electron chi connectivity index (χ4n) is 4.25. The number of aromatic nitrogens is 2. The number of rotatable bonds is 7. The van der Waals surface area contributed by atoms with Gasteiger partial charge >= 0.3 is 5.69 Å². The van der Waals surface area contributed by atoms with E-state index in [0.717, 1.165) is 32.1 Å². The summed E-state index contributed by atoms with van der Waals surface area (Å²) in [4.78, 5) is 27.2. The molecule has 1 aromatic rings. The molecule has 6 atom stereocenters. The van der Waals surface area contributed by atoms with Gasteiger partial charge in [-0.25, -0.2) is 4.79 Å². The van der Waals surface area contributed by atoms with E-state index in [9.17, 15) is 14.7 Å². The van der Waals surface area contributed by atoms with Gasteiger partial charge in [-0.3, -0.25) is 14.3 Å². The second-order valence-electron chi connectivity index (χ2n) is 8.08. The van der Waals surface area contributed by atoms with Crippen LogP contribution in [-0.4, -0.2) is 65.4 Å². The molecule has 0 saturated carbocycles. The van der Waals surface area contributed by atoms with Crippen LogP contribution in [0.5, 0.6) is 0 Å². The normalized spacial score (nSPS) is 33.7. The third kappa shape index (κ3) is 5.51. The molecule has 4 rings (SSSR count). The third-order valence-corrected chi connectivity index (χ3v) is 6.23. The van der Waals surface area contributed by atoms with Gasteiger partial charge in [-0.15, -0.1) is 0 Å². The van der Waals surface area contributed by atoms with E-state index in [4.69, 9.17) is 23.7 Å². The summed E-state index contributed by atoms with van der Waals surface area (Å²) >= 11 is 2.00. The highest BCUT2D eigenvalue weighted by atomic mass is 127. The smallest absolute Gasteiger partial charge is 0.330 e. The molecule has 10 nitrogen and oxygen atoms in total. The second-order valence-corrected chi connectivity index (χ2v) is 8.80. The molecule has 178 valence electrons. The zero-order chi connectivity index (χ0) is 22.5. The summed E-state index contributed by atoms with van der Waals surface area (Å²) in [5.41, 5.74) is -0.821. The van der Waals surface area contributed by atoms with Crippen LogP contribution >= 0.6 is 22.6 Å². The van der Waals surface area contributed by atoms with E-state index < -0.39 is 48.4 Å². The number of aromatic amines is 1. The van der Waals surface area contributed by atoms with E-state index in [1.54, 1.807) is 10.2 Å². The highest BCUT2D eigenvalue weighted by molar-refractivity contribution is 14.1. The van der Waals surface area contributed by atoms with Crippen LogP contribution < -0.4 is 11.2 Å². The molecule has 3 aliphatic heterocycles. The molecule has 3 fully saturated rings. The SMILES string of the molecule is O=c1[nH]c(=O)n([C@@H]2O[C@H](CO)[C@@H](OC3CCCCO3)[C@@H]2OC2CCCCO2)cc1C=CI. The molecule has 3 aliphatic rings. The minimum atomic E-state index is -0.919. The highest BCUT2D eigenvalue weighted by Gasteiger charge is 2.49. The van der Waals surface area contributed by atoms with Gasteiger partial charge in [-0.05, 0) is 48.7 Å². The Bertz CT molecular complexity index is 891. The van der Waals surface area contributed by atoms with Gasteiger partial charge in [-0.1, -0.05) is 22.6 Å². The number of aliphatic hydroxyl groups is 1. The Hall–Kier alpha value is -1.09. The Kier molecular flexibility index (Phi) is 8.54. The Balaban J connectivity index is 1.66. The average molecular weight is 564 g/mol. The van der Waals surface area contributed by atoms with Gasteiger partial charge in [0.05, 0.1) is 12.2 Å². The average Bonchev–Trinajstić information content (AvgIpc) is 3.14. The summed E-state index contributed by atoms with van der Waals surface area (Å²) in [6.07, 6.45) is 4.37. The molecule has 0 amide bonds. The van der Waals surface area contributed by atoms with Crippen molar-refractivity contribution in [3.8, 4) is 0 Å². The first-order valence-corrected chi connectivity index (χ1v) is 12.3. The van der Waals surface area contributed by atoms with Crippen molar-refractivity contribution < 1.29 is 28.8 Å². The van der Waals surface area contributed by atoms with Crippen LogP contribution in [0.15, 0.2) is 19.9 Å². The number of nitrogens with one attached hydrogen (secondary N) is 1. The van der Waals surface area contributed by atoms with E-state index in [1.807, 2.05) is 22.6 Å². The summed E-state index contributed by atoms with van der Waals surface area (Å²) in [6, 6.07) is 0. The molecule has 2 N–H and O–H groups in total. The number of hydrogen-bond donors (Lipinski definition) is 2. The van der Waals surface area contributed by atoms with Crippen molar-refractivity contribution in [1.82, 2.24) is 9.55 Å². The lowest BCUT2D eigenvalue weighted by molar-refractivity contribution is -0.248. The van der Waals surface area contributed by atoms with Crippen molar-refractivity contribution in [1.29, 1.82) is 0 Å². The van der Waals surface area contributed by atoms with Gasteiger partial charge in [0.25, 0.3) is 5.56 Å². The predicted molar refractivity (Wildman–Crippen MR) is 122 cm³/mol. The van der Waals surface area contributed by atoms with Crippen LogP contribution in [0.2, 0.25) is 0 Å². The van der Waals surface area contributed by atoms with Gasteiger partial charge < -0.3 is 28.8 Å². The monoisotopic (exact) mass is 564 g/mol. The van der Waals surface area contributed by atoms with Crippen molar-refractivity contribution in [3.63, 3.8) is 0 Å². The van der Waals surface area contributed by atoms with Gasteiger partial charge in [0.15, 0.2) is 18.8 Å². The number of H-pyrrole nitrogens is 1. The Labute approximate surface area is 199 Å². The molecule has 11 heteroatoms. The quantitative estimate of drug-likeness (QED) is 0.480. The van der Waals surface area contributed by atoms with Crippen LogP contribution in [0.3, 0.4) is 0 Å². The molecule has 3 saturated heterocycles. The maximum Gasteiger partial charge on any atom is 0.330 e. The molecule has 0 aliphatic carbocycles. The number of nitrogens with zero attached hydrogens (tertiary/aromatic N) is 1. The lowest BCUT2D eigenvalue weighted by atomic mass is 10.1. The summed E-state index contributed by atoms with van der Waals surface area (Å²) in [6.45, 7) is 0.874. The molecule has 32 heavy (non-hydrogen) atoms. The molecule has 0 spiro atoms. The van der Waals surface area contributed by atoms with Gasteiger partial charge in [0, 0.05) is 19.4 Å². The van der Waals surface area contributed by atoms with E-state index in [2.05, 4.69) is 4.98 Å². The van der Waals surface area contributed by atoms with Gasteiger partial charge in [-0.2, -0.15) is 0 Å². The highest BCUT2D eigenvalue weighted by Crippen LogP contribution is 2.36.